The first kappa shape index (κ1) is 14.7. The van der Waals surface area contributed by atoms with Crippen molar-refractivity contribution in [1.82, 2.24) is 0 Å². The zero-order valence-electron chi connectivity index (χ0n) is 11.6. The Morgan fingerprint density at radius 3 is 2.65 bits per heavy atom. The van der Waals surface area contributed by atoms with Gasteiger partial charge in [-0.15, -0.1) is 0 Å². The van der Waals surface area contributed by atoms with Crippen molar-refractivity contribution in [3.63, 3.8) is 0 Å². The molecule has 0 aromatic heterocycles. The number of benzene rings is 1. The first-order chi connectivity index (χ1) is 9.69. The van der Waals surface area contributed by atoms with E-state index in [0.717, 1.165) is 43.4 Å². The minimum Gasteiger partial charge on any atom is -0.435 e. The summed E-state index contributed by atoms with van der Waals surface area (Å²) in [6, 6.07) is 6.67. The van der Waals surface area contributed by atoms with Gasteiger partial charge in [-0.3, -0.25) is 4.99 Å². The van der Waals surface area contributed by atoms with Crippen molar-refractivity contribution in [2.24, 2.45) is 4.99 Å². The van der Waals surface area contributed by atoms with Crippen LogP contribution in [0.4, 0.5) is 8.78 Å². The van der Waals surface area contributed by atoms with Gasteiger partial charge in [0.15, 0.2) is 0 Å². The third kappa shape index (κ3) is 4.15. The topological polar surface area (TPSA) is 21.6 Å². The largest absolute Gasteiger partial charge is 0.435 e. The third-order valence-electron chi connectivity index (χ3n) is 3.20. The monoisotopic (exact) mass is 279 g/mol. The highest BCUT2D eigenvalue weighted by Gasteiger charge is 2.09. The number of hydrogen-bond donors (Lipinski definition) is 0. The lowest BCUT2D eigenvalue weighted by Crippen LogP contribution is -2.01. The second-order valence-corrected chi connectivity index (χ2v) is 4.81. The molecule has 2 rings (SSSR count). The molecule has 0 saturated carbocycles. The molecule has 1 aliphatic rings. The molecule has 0 radical (unpaired) electrons. The van der Waals surface area contributed by atoms with Gasteiger partial charge in [0.25, 0.3) is 0 Å². The van der Waals surface area contributed by atoms with Crippen molar-refractivity contribution in [2.45, 2.75) is 45.6 Å². The van der Waals surface area contributed by atoms with Crippen LogP contribution in [0.3, 0.4) is 0 Å². The molecule has 1 aromatic carbocycles. The van der Waals surface area contributed by atoms with E-state index in [4.69, 9.17) is 4.99 Å². The molecule has 20 heavy (non-hydrogen) atoms. The highest BCUT2D eigenvalue weighted by molar-refractivity contribution is 5.90. The fourth-order valence-electron chi connectivity index (χ4n) is 2.28. The van der Waals surface area contributed by atoms with Crippen LogP contribution in [-0.2, 0) is 0 Å². The van der Waals surface area contributed by atoms with Gasteiger partial charge in [-0.05, 0) is 49.9 Å². The van der Waals surface area contributed by atoms with Crippen molar-refractivity contribution in [3.05, 3.63) is 35.9 Å². The average Bonchev–Trinajstić information content (AvgIpc) is 2.65. The molecule has 0 unspecified atom stereocenters. The van der Waals surface area contributed by atoms with Crippen LogP contribution in [0.5, 0.6) is 5.75 Å². The van der Waals surface area contributed by atoms with Crippen molar-refractivity contribution >= 4 is 11.4 Å². The average molecular weight is 279 g/mol. The lowest BCUT2D eigenvalue weighted by Gasteiger charge is -2.07. The predicted molar refractivity (Wildman–Crippen MR) is 77.2 cm³/mol. The Kier molecular flexibility index (Phi) is 5.27. The highest BCUT2D eigenvalue weighted by Crippen LogP contribution is 2.25. The summed E-state index contributed by atoms with van der Waals surface area (Å²) in [6.07, 6.45) is 7.39. The Balaban J connectivity index is 2.16. The molecule has 1 heterocycles. The third-order valence-corrected chi connectivity index (χ3v) is 3.20. The Morgan fingerprint density at radius 2 is 2.00 bits per heavy atom. The van der Waals surface area contributed by atoms with Gasteiger partial charge in [-0.25, -0.2) is 0 Å². The van der Waals surface area contributed by atoms with E-state index in [0.29, 0.717) is 0 Å². The Bertz CT molecular complexity index is 488. The second-order valence-electron chi connectivity index (χ2n) is 4.81. The first-order valence-electron chi connectivity index (χ1n) is 7.01. The maximum atomic E-state index is 12.1. The highest BCUT2D eigenvalue weighted by atomic mass is 19.3. The number of nitrogens with zero attached hydrogens (tertiary/aromatic N) is 1. The van der Waals surface area contributed by atoms with Crippen molar-refractivity contribution in [2.75, 3.05) is 0 Å². The summed E-state index contributed by atoms with van der Waals surface area (Å²) in [6.45, 7) is -0.639. The zero-order chi connectivity index (χ0) is 14.4. The van der Waals surface area contributed by atoms with E-state index in [1.54, 1.807) is 24.3 Å². The molecule has 0 spiro atoms. The van der Waals surface area contributed by atoms with Gasteiger partial charge < -0.3 is 4.74 Å². The summed E-state index contributed by atoms with van der Waals surface area (Å²) >= 11 is 0. The summed E-state index contributed by atoms with van der Waals surface area (Å²) in [7, 11) is 0. The molecule has 1 aromatic rings. The summed E-state index contributed by atoms with van der Waals surface area (Å²) in [5.74, 6) is 0.177. The Labute approximate surface area is 118 Å². The smallest absolute Gasteiger partial charge is 0.387 e. The summed E-state index contributed by atoms with van der Waals surface area (Å²) in [5, 5.41) is 0. The first-order valence-corrected chi connectivity index (χ1v) is 7.01. The van der Waals surface area contributed by atoms with E-state index in [1.165, 1.54) is 5.71 Å². The SMILES string of the molecule is CCCC1=NC(c2ccc(OC(F)F)cc2)=CCCC1. The van der Waals surface area contributed by atoms with Gasteiger partial charge in [-0.2, -0.15) is 8.78 Å². The molecule has 1 aliphatic heterocycles. The number of rotatable bonds is 5. The minimum atomic E-state index is -2.79. The quantitative estimate of drug-likeness (QED) is 0.738. The molecule has 0 saturated heterocycles. The van der Waals surface area contributed by atoms with Gasteiger partial charge in [0.05, 0.1) is 5.70 Å². The fraction of sp³-hybridized carbons (Fsp3) is 0.438. The van der Waals surface area contributed by atoms with Crippen molar-refractivity contribution in [1.29, 1.82) is 0 Å². The van der Waals surface area contributed by atoms with Gasteiger partial charge >= 0.3 is 6.61 Å². The van der Waals surface area contributed by atoms with Crippen LogP contribution in [0.1, 0.15) is 44.6 Å². The van der Waals surface area contributed by atoms with Crippen LogP contribution < -0.4 is 4.74 Å². The minimum absolute atomic E-state index is 0.177. The van der Waals surface area contributed by atoms with E-state index in [2.05, 4.69) is 17.7 Å². The van der Waals surface area contributed by atoms with E-state index < -0.39 is 6.61 Å². The predicted octanol–water partition coefficient (Wildman–Crippen LogP) is 5.05. The van der Waals surface area contributed by atoms with Crippen LogP contribution in [0.15, 0.2) is 35.3 Å². The van der Waals surface area contributed by atoms with Gasteiger partial charge in [0.2, 0.25) is 0 Å². The molecule has 4 heteroatoms. The summed E-state index contributed by atoms with van der Waals surface area (Å²) in [5.41, 5.74) is 3.11. The number of alkyl halides is 2. The number of allylic oxidation sites excluding steroid dienone is 1. The van der Waals surface area contributed by atoms with Crippen LogP contribution in [0.2, 0.25) is 0 Å². The Morgan fingerprint density at radius 1 is 1.25 bits per heavy atom. The second kappa shape index (κ2) is 7.17. The van der Waals surface area contributed by atoms with E-state index in [9.17, 15) is 8.78 Å². The van der Waals surface area contributed by atoms with Crippen LogP contribution >= 0.6 is 0 Å². The Hall–Kier alpha value is -1.71. The molecule has 0 bridgehead atoms. The van der Waals surface area contributed by atoms with Crippen LogP contribution in [0, 0.1) is 0 Å². The van der Waals surface area contributed by atoms with Gasteiger partial charge in [0, 0.05) is 11.3 Å². The molecule has 108 valence electrons. The van der Waals surface area contributed by atoms with E-state index in [1.807, 2.05) is 0 Å². The van der Waals surface area contributed by atoms with Crippen molar-refractivity contribution in [3.8, 4) is 5.75 Å². The molecule has 0 N–H and O–H groups in total. The summed E-state index contributed by atoms with van der Waals surface area (Å²) < 4.78 is 28.6. The van der Waals surface area contributed by atoms with Crippen LogP contribution in [-0.4, -0.2) is 12.3 Å². The van der Waals surface area contributed by atoms with Crippen LogP contribution in [0.25, 0.3) is 5.70 Å². The normalized spacial score (nSPS) is 15.6. The standard InChI is InChI=1S/C16H19F2NO/c1-2-5-13-6-3-4-7-15(19-13)12-8-10-14(11-9-12)20-16(17)18/h7-11,16H,2-6H2,1H3. The molecule has 0 atom stereocenters. The number of halogens is 2. The maximum Gasteiger partial charge on any atom is 0.387 e. The fourth-order valence-corrected chi connectivity index (χ4v) is 2.28. The number of aliphatic imine (C=N–C) groups is 1. The maximum absolute atomic E-state index is 12.1. The van der Waals surface area contributed by atoms with E-state index in [-0.39, 0.29) is 5.75 Å². The zero-order valence-corrected chi connectivity index (χ0v) is 11.6. The molecular formula is C16H19F2NO. The van der Waals surface area contributed by atoms with Gasteiger partial charge in [-0.1, -0.05) is 19.4 Å². The lowest BCUT2D eigenvalue weighted by molar-refractivity contribution is -0.0498. The van der Waals surface area contributed by atoms with E-state index >= 15 is 0 Å². The number of hydrogen-bond acceptors (Lipinski definition) is 2. The molecule has 0 fully saturated rings. The summed E-state index contributed by atoms with van der Waals surface area (Å²) in [4.78, 5) is 4.71. The molecular weight excluding hydrogens is 260 g/mol. The molecule has 2 nitrogen and oxygen atoms in total. The van der Waals surface area contributed by atoms with Gasteiger partial charge in [0.1, 0.15) is 5.75 Å². The molecule has 0 amide bonds. The number of ether oxygens (including phenoxy) is 1. The molecule has 0 aliphatic carbocycles. The van der Waals surface area contributed by atoms with Crippen molar-refractivity contribution < 1.29 is 13.5 Å². The lowest BCUT2D eigenvalue weighted by atomic mass is 10.1.